The van der Waals surface area contributed by atoms with Crippen LogP contribution in [0.1, 0.15) is 34.8 Å². The summed E-state index contributed by atoms with van der Waals surface area (Å²) in [4.78, 5) is 18.1. The molecule has 3 aromatic rings. The predicted octanol–water partition coefficient (Wildman–Crippen LogP) is 3.37. The maximum absolute atomic E-state index is 14.4. The van der Waals surface area contributed by atoms with E-state index in [2.05, 4.69) is 10.1 Å². The Balaban J connectivity index is 1.83. The van der Waals surface area contributed by atoms with Crippen molar-refractivity contribution in [3.8, 4) is 0 Å². The molecule has 27 heavy (non-hydrogen) atoms. The Morgan fingerprint density at radius 1 is 1.30 bits per heavy atom. The number of nitrogens with zero attached hydrogens (tertiary/aromatic N) is 4. The van der Waals surface area contributed by atoms with Gasteiger partial charge < -0.3 is 9.64 Å². The van der Waals surface area contributed by atoms with Crippen LogP contribution in [-0.2, 0) is 11.8 Å². The highest BCUT2D eigenvalue weighted by Gasteiger charge is 2.32. The van der Waals surface area contributed by atoms with Crippen LogP contribution in [0.2, 0.25) is 0 Å². The highest BCUT2D eigenvalue weighted by molar-refractivity contribution is 5.96. The number of carbonyl (C=O) groups excluding carboxylic acids is 1. The van der Waals surface area contributed by atoms with Gasteiger partial charge in [-0.25, -0.2) is 23.2 Å². The summed E-state index contributed by atoms with van der Waals surface area (Å²) in [6, 6.07) is 4.84. The second-order valence-electron chi connectivity index (χ2n) is 6.55. The van der Waals surface area contributed by atoms with Crippen molar-refractivity contribution < 1.29 is 18.3 Å². The van der Waals surface area contributed by atoms with Crippen LogP contribution in [0.4, 0.5) is 14.6 Å². The van der Waals surface area contributed by atoms with Crippen LogP contribution in [0.25, 0.3) is 11.0 Å². The molecule has 0 amide bonds. The number of carbonyl (C=O) groups is 1. The Hall–Kier alpha value is -3.03. The first-order valence-corrected chi connectivity index (χ1v) is 8.62. The lowest BCUT2D eigenvalue weighted by molar-refractivity contribution is 0.0600. The standard InChI is InChI=1S/C19H18F2N4O2/c1-24-17-14(8-11(10-22-17)19(26)27-2)18(23-24)25-7-3-4-16(25)13-9-12(20)5-6-15(13)21/h5-6,8-10,16H,3-4,7H2,1-2H3/t16-/m1/s1. The molecule has 1 atom stereocenters. The molecule has 4 rings (SSSR count). The summed E-state index contributed by atoms with van der Waals surface area (Å²) in [6.45, 7) is 0.648. The molecule has 3 heterocycles. The van der Waals surface area contributed by atoms with E-state index in [1.165, 1.54) is 19.4 Å². The summed E-state index contributed by atoms with van der Waals surface area (Å²) in [5.74, 6) is -0.814. The molecule has 1 aliphatic rings. The van der Waals surface area contributed by atoms with Crippen molar-refractivity contribution in [1.82, 2.24) is 14.8 Å². The van der Waals surface area contributed by atoms with Crippen molar-refractivity contribution >= 4 is 22.8 Å². The minimum Gasteiger partial charge on any atom is -0.465 e. The lowest BCUT2D eigenvalue weighted by Gasteiger charge is -2.25. The van der Waals surface area contributed by atoms with Crippen LogP contribution in [0.15, 0.2) is 30.5 Å². The molecular formula is C19H18F2N4O2. The van der Waals surface area contributed by atoms with Crippen LogP contribution >= 0.6 is 0 Å². The summed E-state index contributed by atoms with van der Waals surface area (Å²) < 4.78 is 34.4. The van der Waals surface area contributed by atoms with Crippen molar-refractivity contribution in [3.05, 3.63) is 53.2 Å². The van der Waals surface area contributed by atoms with E-state index in [1.807, 2.05) is 4.90 Å². The number of benzene rings is 1. The fourth-order valence-electron chi connectivity index (χ4n) is 3.68. The van der Waals surface area contributed by atoms with E-state index < -0.39 is 17.6 Å². The monoisotopic (exact) mass is 372 g/mol. The second-order valence-corrected chi connectivity index (χ2v) is 6.55. The first-order chi connectivity index (χ1) is 13.0. The van der Waals surface area contributed by atoms with Gasteiger partial charge in [-0.1, -0.05) is 0 Å². The molecule has 6 nitrogen and oxygen atoms in total. The molecule has 1 fully saturated rings. The van der Waals surface area contributed by atoms with E-state index >= 15 is 0 Å². The average Bonchev–Trinajstić information content (AvgIpc) is 3.27. The van der Waals surface area contributed by atoms with Gasteiger partial charge in [0, 0.05) is 25.4 Å². The Morgan fingerprint density at radius 2 is 2.11 bits per heavy atom. The molecule has 2 aromatic heterocycles. The van der Waals surface area contributed by atoms with Crippen LogP contribution in [-0.4, -0.2) is 34.4 Å². The molecule has 0 radical (unpaired) electrons. The normalized spacial score (nSPS) is 16.9. The van der Waals surface area contributed by atoms with Gasteiger partial charge in [0.2, 0.25) is 0 Å². The number of esters is 1. The molecule has 0 saturated carbocycles. The number of anilines is 1. The highest BCUT2D eigenvalue weighted by atomic mass is 19.1. The van der Waals surface area contributed by atoms with Crippen molar-refractivity contribution in [2.45, 2.75) is 18.9 Å². The number of hydrogen-bond donors (Lipinski definition) is 0. The molecule has 0 N–H and O–H groups in total. The fourth-order valence-corrected chi connectivity index (χ4v) is 3.68. The maximum atomic E-state index is 14.4. The van der Waals surface area contributed by atoms with E-state index in [-0.39, 0.29) is 6.04 Å². The predicted molar refractivity (Wildman–Crippen MR) is 95.5 cm³/mol. The number of rotatable bonds is 3. The summed E-state index contributed by atoms with van der Waals surface area (Å²) in [6.07, 6.45) is 2.94. The summed E-state index contributed by atoms with van der Waals surface area (Å²) in [5, 5.41) is 5.21. The molecule has 8 heteroatoms. The van der Waals surface area contributed by atoms with Crippen molar-refractivity contribution in [3.63, 3.8) is 0 Å². The summed E-state index contributed by atoms with van der Waals surface area (Å²) in [5.41, 5.74) is 1.22. The minimum absolute atomic E-state index is 0.309. The third-order valence-corrected chi connectivity index (χ3v) is 4.92. The minimum atomic E-state index is -0.492. The zero-order valence-corrected chi connectivity index (χ0v) is 14.9. The Kier molecular flexibility index (Phi) is 4.25. The molecule has 1 saturated heterocycles. The van der Waals surface area contributed by atoms with Crippen molar-refractivity contribution in [2.75, 3.05) is 18.6 Å². The first-order valence-electron chi connectivity index (χ1n) is 8.62. The van der Waals surface area contributed by atoms with Crippen LogP contribution in [0.3, 0.4) is 0 Å². The van der Waals surface area contributed by atoms with Gasteiger partial charge in [-0.15, -0.1) is 0 Å². The molecule has 140 valence electrons. The number of ether oxygens (including phenoxy) is 1. The third-order valence-electron chi connectivity index (χ3n) is 4.92. The van der Waals surface area contributed by atoms with Gasteiger partial charge in [0.1, 0.15) is 11.6 Å². The zero-order valence-electron chi connectivity index (χ0n) is 14.9. The van der Waals surface area contributed by atoms with E-state index in [4.69, 9.17) is 4.74 Å². The van der Waals surface area contributed by atoms with Gasteiger partial charge in [0.25, 0.3) is 0 Å². The summed E-state index contributed by atoms with van der Waals surface area (Å²) >= 11 is 0. The number of aryl methyl sites for hydroxylation is 1. The molecule has 1 aliphatic heterocycles. The topological polar surface area (TPSA) is 60.2 Å². The van der Waals surface area contributed by atoms with Gasteiger partial charge >= 0.3 is 5.97 Å². The lowest BCUT2D eigenvalue weighted by atomic mass is 10.0. The van der Waals surface area contributed by atoms with Crippen molar-refractivity contribution in [1.29, 1.82) is 0 Å². The molecule has 0 spiro atoms. The smallest absolute Gasteiger partial charge is 0.339 e. The maximum Gasteiger partial charge on any atom is 0.339 e. The first kappa shape index (κ1) is 17.4. The van der Waals surface area contributed by atoms with Gasteiger partial charge in [0.15, 0.2) is 11.5 Å². The summed E-state index contributed by atoms with van der Waals surface area (Å²) in [7, 11) is 3.06. The quantitative estimate of drug-likeness (QED) is 0.660. The van der Waals surface area contributed by atoms with Gasteiger partial charge in [0.05, 0.1) is 24.1 Å². The molecule has 0 bridgehead atoms. The van der Waals surface area contributed by atoms with E-state index in [9.17, 15) is 13.6 Å². The number of methoxy groups -OCH3 is 1. The van der Waals surface area contributed by atoms with Crippen LogP contribution < -0.4 is 4.90 Å². The lowest BCUT2D eigenvalue weighted by Crippen LogP contribution is -2.24. The Labute approximate surface area is 154 Å². The van der Waals surface area contributed by atoms with Gasteiger partial charge in [-0.3, -0.25) is 0 Å². The van der Waals surface area contributed by atoms with E-state index in [0.29, 0.717) is 40.9 Å². The number of fused-ring (bicyclic) bond motifs is 1. The molecule has 0 aliphatic carbocycles. The van der Waals surface area contributed by atoms with Crippen molar-refractivity contribution in [2.24, 2.45) is 7.05 Å². The number of aromatic nitrogens is 3. The fraction of sp³-hybridized carbons (Fsp3) is 0.316. The molecule has 0 unspecified atom stereocenters. The number of pyridine rings is 1. The number of halogens is 2. The van der Waals surface area contributed by atoms with Crippen LogP contribution in [0.5, 0.6) is 0 Å². The largest absolute Gasteiger partial charge is 0.465 e. The Bertz CT molecular complexity index is 1030. The van der Waals surface area contributed by atoms with E-state index in [0.717, 1.165) is 18.6 Å². The molecular weight excluding hydrogens is 354 g/mol. The second kappa shape index (κ2) is 6.61. The third kappa shape index (κ3) is 2.90. The van der Waals surface area contributed by atoms with E-state index in [1.54, 1.807) is 17.8 Å². The highest BCUT2D eigenvalue weighted by Crippen LogP contribution is 2.39. The number of hydrogen-bond acceptors (Lipinski definition) is 5. The SMILES string of the molecule is COC(=O)c1cnc2c(c1)c(N1CCC[C@@H]1c1cc(F)ccc1F)nn2C. The molecule has 1 aromatic carbocycles. The van der Waals surface area contributed by atoms with Gasteiger partial charge in [-0.2, -0.15) is 5.10 Å². The zero-order chi connectivity index (χ0) is 19.1. The Morgan fingerprint density at radius 3 is 2.89 bits per heavy atom. The van der Waals surface area contributed by atoms with Crippen LogP contribution in [0, 0.1) is 11.6 Å². The average molecular weight is 372 g/mol. The van der Waals surface area contributed by atoms with Gasteiger partial charge in [-0.05, 0) is 37.1 Å².